The minimum atomic E-state index is -0.230. The maximum Gasteiger partial charge on any atom is 0.262 e. The van der Waals surface area contributed by atoms with Gasteiger partial charge in [0.05, 0.1) is 16.3 Å². The molecule has 0 fully saturated rings. The molecule has 5 nitrogen and oxygen atoms in total. The van der Waals surface area contributed by atoms with E-state index in [9.17, 15) is 9.59 Å². The predicted molar refractivity (Wildman–Crippen MR) is 122 cm³/mol. The van der Waals surface area contributed by atoms with Gasteiger partial charge in [-0.25, -0.2) is 4.98 Å². The molecular formula is C23H20ClN3O2S. The molecule has 0 aliphatic rings. The number of carbonyl (C=O) groups is 1. The van der Waals surface area contributed by atoms with Crippen molar-refractivity contribution in [2.75, 3.05) is 0 Å². The standard InChI is InChI=1S/C23H20ClN3O2S/c1-13-19-21(28)26-18(11-15-7-4-3-5-8-15)27-23(19)30-20(13)22(29)25-14(2)16-9-6-10-17(24)12-16/h3-10,12,14H,11H2,1-2H3,(H,25,29)(H,26,27,28). The van der Waals surface area contributed by atoms with Crippen molar-refractivity contribution < 1.29 is 4.79 Å². The quantitative estimate of drug-likeness (QED) is 0.460. The van der Waals surface area contributed by atoms with Gasteiger partial charge >= 0.3 is 0 Å². The van der Waals surface area contributed by atoms with Crippen molar-refractivity contribution in [3.05, 3.63) is 97.4 Å². The highest BCUT2D eigenvalue weighted by Gasteiger charge is 2.21. The fraction of sp³-hybridized carbons (Fsp3) is 0.174. The van der Waals surface area contributed by atoms with E-state index in [0.29, 0.717) is 37.9 Å². The molecular weight excluding hydrogens is 418 g/mol. The zero-order valence-electron chi connectivity index (χ0n) is 16.5. The van der Waals surface area contributed by atoms with Crippen molar-refractivity contribution in [2.45, 2.75) is 26.3 Å². The number of amides is 1. The van der Waals surface area contributed by atoms with Crippen LogP contribution >= 0.6 is 22.9 Å². The van der Waals surface area contributed by atoms with E-state index in [2.05, 4.69) is 15.3 Å². The number of carbonyl (C=O) groups excluding carboxylic acids is 1. The molecule has 0 aliphatic carbocycles. The molecule has 2 heterocycles. The Bertz CT molecular complexity index is 1280. The summed E-state index contributed by atoms with van der Waals surface area (Å²) in [6, 6.07) is 17.0. The van der Waals surface area contributed by atoms with Crippen LogP contribution in [0.1, 0.15) is 45.2 Å². The second kappa shape index (κ2) is 8.42. The number of rotatable bonds is 5. The summed E-state index contributed by atoms with van der Waals surface area (Å²) in [5.74, 6) is 0.353. The average Bonchev–Trinajstić information content (AvgIpc) is 3.05. The number of fused-ring (bicyclic) bond motifs is 1. The van der Waals surface area contributed by atoms with Crippen molar-refractivity contribution in [3.8, 4) is 0 Å². The number of aromatic amines is 1. The number of thiophene rings is 1. The summed E-state index contributed by atoms with van der Waals surface area (Å²) < 4.78 is 0. The first-order valence-electron chi connectivity index (χ1n) is 9.55. The zero-order chi connectivity index (χ0) is 21.3. The minimum absolute atomic E-state index is 0.221. The van der Waals surface area contributed by atoms with E-state index in [1.165, 1.54) is 11.3 Å². The van der Waals surface area contributed by atoms with Gasteiger partial charge in [-0.15, -0.1) is 11.3 Å². The van der Waals surface area contributed by atoms with E-state index in [-0.39, 0.29) is 17.5 Å². The Labute approximate surface area is 182 Å². The van der Waals surface area contributed by atoms with Gasteiger partial charge in [0.15, 0.2) is 0 Å². The van der Waals surface area contributed by atoms with Gasteiger partial charge in [-0.05, 0) is 42.7 Å². The van der Waals surface area contributed by atoms with Crippen molar-refractivity contribution >= 4 is 39.1 Å². The molecule has 0 saturated carbocycles. The van der Waals surface area contributed by atoms with E-state index in [1.54, 1.807) is 13.0 Å². The summed E-state index contributed by atoms with van der Waals surface area (Å²) in [7, 11) is 0. The largest absolute Gasteiger partial charge is 0.345 e. The van der Waals surface area contributed by atoms with E-state index < -0.39 is 0 Å². The molecule has 1 unspecified atom stereocenters. The number of H-pyrrole nitrogens is 1. The first-order valence-corrected chi connectivity index (χ1v) is 10.7. The van der Waals surface area contributed by atoms with E-state index in [4.69, 9.17) is 11.6 Å². The van der Waals surface area contributed by atoms with Crippen LogP contribution in [0.3, 0.4) is 0 Å². The Balaban J connectivity index is 1.63. The second-order valence-corrected chi connectivity index (χ2v) is 8.60. The zero-order valence-corrected chi connectivity index (χ0v) is 18.1. The first kappa shape index (κ1) is 20.3. The van der Waals surface area contributed by atoms with Crippen LogP contribution in [0.15, 0.2) is 59.4 Å². The van der Waals surface area contributed by atoms with Crippen LogP contribution in [0.4, 0.5) is 0 Å². The van der Waals surface area contributed by atoms with Gasteiger partial charge in [-0.2, -0.15) is 0 Å². The molecule has 152 valence electrons. The highest BCUT2D eigenvalue weighted by atomic mass is 35.5. The summed E-state index contributed by atoms with van der Waals surface area (Å²) in [4.78, 5) is 34.1. The molecule has 4 rings (SSSR count). The SMILES string of the molecule is Cc1c(C(=O)NC(C)c2cccc(Cl)c2)sc2nc(Cc3ccccc3)[nH]c(=O)c12. The maximum absolute atomic E-state index is 12.9. The van der Waals surface area contributed by atoms with E-state index in [1.807, 2.05) is 55.5 Å². The van der Waals surface area contributed by atoms with Crippen molar-refractivity contribution in [1.82, 2.24) is 15.3 Å². The van der Waals surface area contributed by atoms with Crippen LogP contribution in [-0.4, -0.2) is 15.9 Å². The van der Waals surface area contributed by atoms with Crippen LogP contribution in [0, 0.1) is 6.92 Å². The van der Waals surface area contributed by atoms with Crippen LogP contribution in [0.5, 0.6) is 0 Å². The maximum atomic E-state index is 12.9. The normalized spacial score (nSPS) is 12.1. The summed E-state index contributed by atoms with van der Waals surface area (Å²) in [5, 5.41) is 4.08. The number of halogens is 1. The molecule has 0 spiro atoms. The number of hydrogen-bond donors (Lipinski definition) is 2. The number of nitrogens with one attached hydrogen (secondary N) is 2. The highest BCUT2D eigenvalue weighted by molar-refractivity contribution is 7.20. The molecule has 1 amide bonds. The summed E-state index contributed by atoms with van der Waals surface area (Å²) in [6.45, 7) is 3.68. The monoisotopic (exact) mass is 437 g/mol. The molecule has 0 saturated heterocycles. The van der Waals surface area contributed by atoms with Crippen LogP contribution < -0.4 is 10.9 Å². The smallest absolute Gasteiger partial charge is 0.262 e. The van der Waals surface area contributed by atoms with Gasteiger partial charge in [0.25, 0.3) is 11.5 Å². The Morgan fingerprint density at radius 3 is 2.70 bits per heavy atom. The third kappa shape index (κ3) is 4.15. The highest BCUT2D eigenvalue weighted by Crippen LogP contribution is 2.28. The van der Waals surface area contributed by atoms with Gasteiger partial charge in [0.2, 0.25) is 0 Å². The predicted octanol–water partition coefficient (Wildman–Crippen LogP) is 5.03. The lowest BCUT2D eigenvalue weighted by Gasteiger charge is -2.14. The number of hydrogen-bond acceptors (Lipinski definition) is 4. The minimum Gasteiger partial charge on any atom is -0.345 e. The lowest BCUT2D eigenvalue weighted by atomic mass is 10.1. The number of nitrogens with zero attached hydrogens (tertiary/aromatic N) is 1. The Kier molecular flexibility index (Phi) is 5.70. The molecule has 30 heavy (non-hydrogen) atoms. The van der Waals surface area contributed by atoms with Crippen LogP contribution in [0.25, 0.3) is 10.2 Å². The molecule has 0 bridgehead atoms. The van der Waals surface area contributed by atoms with E-state index in [0.717, 1.165) is 11.1 Å². The number of aryl methyl sites for hydroxylation is 1. The lowest BCUT2D eigenvalue weighted by Crippen LogP contribution is -2.26. The average molecular weight is 438 g/mol. The third-order valence-electron chi connectivity index (χ3n) is 4.97. The molecule has 7 heteroatoms. The molecule has 1 atom stereocenters. The third-order valence-corrected chi connectivity index (χ3v) is 6.39. The molecule has 0 aliphatic heterocycles. The lowest BCUT2D eigenvalue weighted by molar-refractivity contribution is 0.0943. The summed E-state index contributed by atoms with van der Waals surface area (Å²) >= 11 is 7.30. The Morgan fingerprint density at radius 1 is 1.20 bits per heavy atom. The van der Waals surface area contributed by atoms with Crippen molar-refractivity contribution in [1.29, 1.82) is 0 Å². The Morgan fingerprint density at radius 2 is 1.97 bits per heavy atom. The second-order valence-electron chi connectivity index (χ2n) is 7.16. The fourth-order valence-electron chi connectivity index (χ4n) is 3.40. The molecule has 2 aromatic heterocycles. The molecule has 4 aromatic rings. The van der Waals surface area contributed by atoms with E-state index >= 15 is 0 Å². The molecule has 0 radical (unpaired) electrons. The number of aromatic nitrogens is 2. The Hall–Kier alpha value is -2.96. The van der Waals surface area contributed by atoms with Gasteiger partial charge in [0, 0.05) is 11.4 Å². The van der Waals surface area contributed by atoms with Gasteiger partial charge in [-0.3, -0.25) is 9.59 Å². The van der Waals surface area contributed by atoms with Gasteiger partial charge in [-0.1, -0.05) is 54.1 Å². The van der Waals surface area contributed by atoms with Gasteiger partial charge < -0.3 is 10.3 Å². The van der Waals surface area contributed by atoms with Crippen LogP contribution in [0.2, 0.25) is 5.02 Å². The van der Waals surface area contributed by atoms with Crippen LogP contribution in [-0.2, 0) is 6.42 Å². The topological polar surface area (TPSA) is 74.8 Å². The fourth-order valence-corrected chi connectivity index (χ4v) is 4.70. The summed E-state index contributed by atoms with van der Waals surface area (Å²) in [6.07, 6.45) is 0.524. The van der Waals surface area contributed by atoms with Crippen molar-refractivity contribution in [3.63, 3.8) is 0 Å². The molecule has 2 aromatic carbocycles. The number of benzene rings is 2. The van der Waals surface area contributed by atoms with Gasteiger partial charge in [0.1, 0.15) is 10.7 Å². The first-order chi connectivity index (χ1) is 14.4. The summed E-state index contributed by atoms with van der Waals surface area (Å²) in [5.41, 5.74) is 2.39. The molecule has 2 N–H and O–H groups in total. The van der Waals surface area contributed by atoms with Crippen molar-refractivity contribution in [2.24, 2.45) is 0 Å².